The lowest BCUT2D eigenvalue weighted by molar-refractivity contribution is 0.0640. The molecule has 1 fully saturated rings. The fourth-order valence-corrected chi connectivity index (χ4v) is 2.64. The van der Waals surface area contributed by atoms with Gasteiger partial charge in [-0.15, -0.1) is 11.6 Å². The lowest BCUT2D eigenvalue weighted by atomic mass is 10.1. The van der Waals surface area contributed by atoms with Gasteiger partial charge in [0.2, 0.25) is 0 Å². The first-order valence-electron chi connectivity index (χ1n) is 6.15. The van der Waals surface area contributed by atoms with Gasteiger partial charge in [0, 0.05) is 38.6 Å². The highest BCUT2D eigenvalue weighted by Crippen LogP contribution is 2.21. The van der Waals surface area contributed by atoms with Crippen LogP contribution in [0.5, 0.6) is 0 Å². The molecule has 2 rings (SSSR count). The van der Waals surface area contributed by atoms with E-state index in [0.717, 1.165) is 19.6 Å². The van der Waals surface area contributed by atoms with Crippen molar-refractivity contribution in [3.8, 4) is 0 Å². The molecule has 1 aromatic carbocycles. The molecule has 1 aliphatic heterocycles. The number of hydrogen-bond donors (Lipinski definition) is 0. The summed E-state index contributed by atoms with van der Waals surface area (Å²) in [5.74, 6) is -0.332. The van der Waals surface area contributed by atoms with Crippen molar-refractivity contribution < 1.29 is 9.18 Å². The molecule has 19 heavy (non-hydrogen) atoms. The van der Waals surface area contributed by atoms with Crippen LogP contribution in [0.25, 0.3) is 0 Å². The summed E-state index contributed by atoms with van der Waals surface area (Å²) >= 11 is 11.6. The molecule has 0 bridgehead atoms. The zero-order valence-electron chi connectivity index (χ0n) is 10.4. The van der Waals surface area contributed by atoms with E-state index >= 15 is 0 Å². The van der Waals surface area contributed by atoms with Crippen LogP contribution in [0.4, 0.5) is 4.39 Å². The Morgan fingerprint density at radius 1 is 1.26 bits per heavy atom. The summed E-state index contributed by atoms with van der Waals surface area (Å²) in [6, 6.07) is 4.28. The van der Waals surface area contributed by atoms with Gasteiger partial charge in [0.05, 0.1) is 10.6 Å². The molecule has 0 aliphatic carbocycles. The second-order valence-electron chi connectivity index (χ2n) is 4.42. The number of halogens is 3. The van der Waals surface area contributed by atoms with Crippen molar-refractivity contribution in [3.63, 3.8) is 0 Å². The molecule has 3 nitrogen and oxygen atoms in total. The van der Waals surface area contributed by atoms with E-state index in [4.69, 9.17) is 23.2 Å². The molecular formula is C13H15Cl2FN2O. The van der Waals surface area contributed by atoms with Crippen LogP contribution in [0, 0.1) is 5.82 Å². The number of nitrogens with zero attached hydrogens (tertiary/aromatic N) is 2. The van der Waals surface area contributed by atoms with Gasteiger partial charge in [0.15, 0.2) is 0 Å². The van der Waals surface area contributed by atoms with Crippen molar-refractivity contribution in [1.29, 1.82) is 0 Å². The van der Waals surface area contributed by atoms with Crippen molar-refractivity contribution >= 4 is 29.1 Å². The minimum atomic E-state index is -0.569. The molecule has 1 heterocycles. The average molecular weight is 305 g/mol. The molecule has 104 valence electrons. The molecule has 6 heteroatoms. The van der Waals surface area contributed by atoms with E-state index in [9.17, 15) is 9.18 Å². The lowest BCUT2D eigenvalue weighted by Crippen LogP contribution is -2.49. The smallest absolute Gasteiger partial charge is 0.258 e. The van der Waals surface area contributed by atoms with Crippen molar-refractivity contribution in [2.75, 3.05) is 38.6 Å². The Hall–Kier alpha value is -0.840. The molecule has 0 spiro atoms. The monoisotopic (exact) mass is 304 g/mol. The minimum absolute atomic E-state index is 0.0324. The predicted molar refractivity (Wildman–Crippen MR) is 74.5 cm³/mol. The summed E-state index contributed by atoms with van der Waals surface area (Å²) in [6.45, 7) is 3.46. The van der Waals surface area contributed by atoms with E-state index in [1.165, 1.54) is 18.2 Å². The van der Waals surface area contributed by atoms with Crippen LogP contribution in [0.3, 0.4) is 0 Å². The van der Waals surface area contributed by atoms with Crippen molar-refractivity contribution in [2.24, 2.45) is 0 Å². The summed E-state index contributed by atoms with van der Waals surface area (Å²) in [5.41, 5.74) is -0.0324. The Labute approximate surface area is 121 Å². The normalized spacial score (nSPS) is 16.7. The maximum Gasteiger partial charge on any atom is 0.258 e. The molecule has 1 aliphatic rings. The molecule has 1 aromatic rings. The molecule has 0 N–H and O–H groups in total. The molecular weight excluding hydrogens is 290 g/mol. The topological polar surface area (TPSA) is 23.6 Å². The van der Waals surface area contributed by atoms with Crippen LogP contribution in [-0.2, 0) is 0 Å². The highest BCUT2D eigenvalue weighted by atomic mass is 35.5. The molecule has 0 saturated carbocycles. The highest BCUT2D eigenvalue weighted by molar-refractivity contribution is 6.33. The van der Waals surface area contributed by atoms with E-state index in [1.54, 1.807) is 4.90 Å². The molecule has 0 aromatic heterocycles. The fourth-order valence-electron chi connectivity index (χ4n) is 2.15. The van der Waals surface area contributed by atoms with Crippen LogP contribution in [0.1, 0.15) is 10.4 Å². The van der Waals surface area contributed by atoms with Gasteiger partial charge in [-0.25, -0.2) is 4.39 Å². The summed E-state index contributed by atoms with van der Waals surface area (Å²) in [4.78, 5) is 16.1. The van der Waals surface area contributed by atoms with E-state index in [2.05, 4.69) is 4.90 Å². The second kappa shape index (κ2) is 6.55. The van der Waals surface area contributed by atoms with Gasteiger partial charge < -0.3 is 4.90 Å². The zero-order valence-corrected chi connectivity index (χ0v) is 11.9. The van der Waals surface area contributed by atoms with Gasteiger partial charge in [-0.05, 0) is 12.1 Å². The van der Waals surface area contributed by atoms with Crippen molar-refractivity contribution in [1.82, 2.24) is 9.80 Å². The molecule has 0 unspecified atom stereocenters. The Balaban J connectivity index is 2.05. The molecule has 1 saturated heterocycles. The van der Waals surface area contributed by atoms with Gasteiger partial charge in [0.1, 0.15) is 5.82 Å². The van der Waals surface area contributed by atoms with Gasteiger partial charge in [-0.1, -0.05) is 17.7 Å². The van der Waals surface area contributed by atoms with Crippen LogP contribution in [-0.4, -0.2) is 54.3 Å². The fraction of sp³-hybridized carbons (Fsp3) is 0.462. The number of piperazine rings is 1. The molecule has 0 radical (unpaired) electrons. The maximum atomic E-state index is 13.7. The summed E-state index contributed by atoms with van der Waals surface area (Å²) in [7, 11) is 0. The van der Waals surface area contributed by atoms with E-state index in [-0.39, 0.29) is 16.5 Å². The quantitative estimate of drug-likeness (QED) is 0.801. The molecule has 1 amide bonds. The number of amides is 1. The Morgan fingerprint density at radius 2 is 1.95 bits per heavy atom. The van der Waals surface area contributed by atoms with Crippen molar-refractivity contribution in [3.05, 3.63) is 34.6 Å². The Morgan fingerprint density at radius 3 is 2.53 bits per heavy atom. The largest absolute Gasteiger partial charge is 0.336 e. The maximum absolute atomic E-state index is 13.7. The van der Waals surface area contributed by atoms with Gasteiger partial charge >= 0.3 is 0 Å². The zero-order chi connectivity index (χ0) is 13.8. The number of carbonyl (C=O) groups is 1. The number of alkyl halides is 1. The first-order valence-corrected chi connectivity index (χ1v) is 7.06. The molecule has 0 atom stereocenters. The second-order valence-corrected chi connectivity index (χ2v) is 5.20. The third kappa shape index (κ3) is 3.38. The standard InChI is InChI=1S/C13H15Cl2FN2O/c14-4-5-17-6-8-18(9-7-17)13(19)12-10(15)2-1-3-11(12)16/h1-3H,4-9H2. The SMILES string of the molecule is O=C(c1c(F)cccc1Cl)N1CCN(CCCl)CC1. The summed E-state index contributed by atoms with van der Waals surface area (Å²) in [5, 5.41) is 0.160. The van der Waals surface area contributed by atoms with Crippen LogP contribution >= 0.6 is 23.2 Å². The third-order valence-electron chi connectivity index (χ3n) is 3.24. The van der Waals surface area contributed by atoms with Crippen LogP contribution in [0.15, 0.2) is 18.2 Å². The summed E-state index contributed by atoms with van der Waals surface area (Å²) in [6.07, 6.45) is 0. The first-order chi connectivity index (χ1) is 9.13. The van der Waals surface area contributed by atoms with Gasteiger partial charge in [0.25, 0.3) is 5.91 Å². The minimum Gasteiger partial charge on any atom is -0.336 e. The predicted octanol–water partition coefficient (Wildman–Crippen LogP) is 2.48. The van der Waals surface area contributed by atoms with E-state index < -0.39 is 5.82 Å². The summed E-state index contributed by atoms with van der Waals surface area (Å²) < 4.78 is 13.7. The van der Waals surface area contributed by atoms with E-state index in [0.29, 0.717) is 19.0 Å². The van der Waals surface area contributed by atoms with Crippen molar-refractivity contribution in [2.45, 2.75) is 0 Å². The number of rotatable bonds is 3. The number of carbonyl (C=O) groups excluding carboxylic acids is 1. The number of benzene rings is 1. The first kappa shape index (κ1) is 14.6. The van der Waals surface area contributed by atoms with Crippen LogP contribution < -0.4 is 0 Å². The highest BCUT2D eigenvalue weighted by Gasteiger charge is 2.25. The van der Waals surface area contributed by atoms with Gasteiger partial charge in [-0.3, -0.25) is 9.69 Å². The lowest BCUT2D eigenvalue weighted by Gasteiger charge is -2.34. The third-order valence-corrected chi connectivity index (χ3v) is 3.72. The van der Waals surface area contributed by atoms with E-state index in [1.807, 2.05) is 0 Å². The Bertz CT molecular complexity index is 442. The average Bonchev–Trinajstić information content (AvgIpc) is 2.39. The van der Waals surface area contributed by atoms with Crippen LogP contribution in [0.2, 0.25) is 5.02 Å². The Kier molecular flexibility index (Phi) is 5.02. The van der Waals surface area contributed by atoms with Gasteiger partial charge in [-0.2, -0.15) is 0 Å². The number of hydrogen-bond acceptors (Lipinski definition) is 2.